The van der Waals surface area contributed by atoms with E-state index in [1.165, 1.54) is 11.9 Å². The average molecular weight is 342 g/mol. The van der Waals surface area contributed by atoms with E-state index < -0.39 is 0 Å². The molecule has 1 aliphatic rings. The Kier molecular flexibility index (Phi) is 5.43. The normalized spacial score (nSPS) is 20.4. The van der Waals surface area contributed by atoms with Gasteiger partial charge in [0.1, 0.15) is 6.33 Å². The van der Waals surface area contributed by atoms with Crippen LogP contribution < -0.4 is 0 Å². The summed E-state index contributed by atoms with van der Waals surface area (Å²) in [7, 11) is 6.11. The molecule has 0 aromatic carbocycles. The van der Waals surface area contributed by atoms with Gasteiger partial charge >= 0.3 is 0 Å². The summed E-state index contributed by atoms with van der Waals surface area (Å²) < 4.78 is 1.82. The minimum Gasteiger partial charge on any atom is -0.338 e. The van der Waals surface area contributed by atoms with Gasteiger partial charge in [0.05, 0.1) is 12.2 Å². The maximum atomic E-state index is 12.8. The highest BCUT2D eigenvalue weighted by molar-refractivity contribution is 5.77. The second kappa shape index (κ2) is 7.74. The number of nitrogens with zero attached hydrogens (tertiary/aromatic N) is 6. The lowest BCUT2D eigenvalue weighted by atomic mass is 10.0. The van der Waals surface area contributed by atoms with Crippen LogP contribution in [0.5, 0.6) is 0 Å². The maximum Gasteiger partial charge on any atom is 0.223 e. The first-order valence-corrected chi connectivity index (χ1v) is 8.72. The van der Waals surface area contributed by atoms with Crippen LogP contribution >= 0.6 is 0 Å². The predicted octanol–water partition coefficient (Wildman–Crippen LogP) is 0.917. The Bertz CT molecular complexity index is 699. The molecule has 1 fully saturated rings. The number of aromatic nitrogens is 4. The number of carbonyl (C=O) groups excluding carboxylic acids is 1. The largest absolute Gasteiger partial charge is 0.338 e. The molecule has 1 aliphatic heterocycles. The molecule has 2 aromatic heterocycles. The molecule has 0 N–H and O–H groups in total. The predicted molar refractivity (Wildman–Crippen MR) is 94.9 cm³/mol. The summed E-state index contributed by atoms with van der Waals surface area (Å²) in [5.41, 5.74) is 2.18. The van der Waals surface area contributed by atoms with Gasteiger partial charge in [-0.15, -0.1) is 0 Å². The van der Waals surface area contributed by atoms with Crippen molar-refractivity contribution >= 4 is 5.91 Å². The number of hydrogen-bond donors (Lipinski definition) is 0. The molecule has 2 atom stereocenters. The number of hydrogen-bond acceptors (Lipinski definition) is 5. The topological polar surface area (TPSA) is 67.2 Å². The van der Waals surface area contributed by atoms with Crippen molar-refractivity contribution in [3.05, 3.63) is 42.2 Å². The van der Waals surface area contributed by atoms with Crippen LogP contribution in [0.1, 0.15) is 24.0 Å². The van der Waals surface area contributed by atoms with E-state index in [9.17, 15) is 4.79 Å². The highest BCUT2D eigenvalue weighted by Crippen LogP contribution is 2.25. The summed E-state index contributed by atoms with van der Waals surface area (Å²) in [4.78, 5) is 25.2. The van der Waals surface area contributed by atoms with Crippen molar-refractivity contribution in [2.24, 2.45) is 7.05 Å². The van der Waals surface area contributed by atoms with Crippen LogP contribution in [0.15, 0.2) is 31.1 Å². The number of amides is 1. The van der Waals surface area contributed by atoms with E-state index in [1.807, 2.05) is 24.1 Å². The van der Waals surface area contributed by atoms with Crippen LogP contribution in [0.2, 0.25) is 0 Å². The molecule has 7 heteroatoms. The minimum absolute atomic E-state index is 0.193. The summed E-state index contributed by atoms with van der Waals surface area (Å²) in [6.07, 6.45) is 12.0. The minimum atomic E-state index is 0.193. The van der Waals surface area contributed by atoms with Crippen molar-refractivity contribution in [2.75, 3.05) is 20.6 Å². The summed E-state index contributed by atoms with van der Waals surface area (Å²) in [5, 5.41) is 4.26. The van der Waals surface area contributed by atoms with Crippen molar-refractivity contribution in [1.29, 1.82) is 0 Å². The Balaban J connectivity index is 1.68. The Labute approximate surface area is 148 Å². The van der Waals surface area contributed by atoms with Gasteiger partial charge in [0.2, 0.25) is 5.91 Å². The Hall–Kier alpha value is -2.28. The van der Waals surface area contributed by atoms with Crippen molar-refractivity contribution in [3.63, 3.8) is 0 Å². The molecule has 7 nitrogen and oxygen atoms in total. The van der Waals surface area contributed by atoms with Crippen LogP contribution in [0.3, 0.4) is 0 Å². The van der Waals surface area contributed by atoms with E-state index in [0.29, 0.717) is 18.9 Å². The molecule has 3 heterocycles. The number of aryl methyl sites for hydroxylation is 2. The van der Waals surface area contributed by atoms with Gasteiger partial charge in [-0.05, 0) is 44.5 Å². The summed E-state index contributed by atoms with van der Waals surface area (Å²) in [6, 6.07) is 0.572. The van der Waals surface area contributed by atoms with E-state index in [4.69, 9.17) is 0 Å². The van der Waals surface area contributed by atoms with E-state index >= 15 is 0 Å². The zero-order chi connectivity index (χ0) is 17.8. The van der Waals surface area contributed by atoms with Crippen LogP contribution in [0.25, 0.3) is 0 Å². The van der Waals surface area contributed by atoms with Gasteiger partial charge in [-0.25, -0.2) is 9.97 Å². The molecule has 0 saturated carbocycles. The lowest BCUT2D eigenvalue weighted by Gasteiger charge is -2.31. The average Bonchev–Trinajstić information content (AvgIpc) is 3.20. The molecule has 2 aromatic rings. The second-order valence-corrected chi connectivity index (χ2v) is 6.95. The second-order valence-electron chi connectivity index (χ2n) is 6.95. The molecule has 0 unspecified atom stereocenters. The molecule has 0 aliphatic carbocycles. The van der Waals surface area contributed by atoms with Gasteiger partial charge in [-0.3, -0.25) is 9.48 Å². The van der Waals surface area contributed by atoms with Gasteiger partial charge in [-0.1, -0.05) is 0 Å². The molecule has 25 heavy (non-hydrogen) atoms. The zero-order valence-corrected chi connectivity index (χ0v) is 15.2. The molecule has 1 saturated heterocycles. The number of likely N-dealkylation sites (tertiary alicyclic amines) is 1. The molecule has 134 valence electrons. The van der Waals surface area contributed by atoms with Crippen molar-refractivity contribution in [2.45, 2.75) is 37.8 Å². The monoisotopic (exact) mass is 342 g/mol. The highest BCUT2D eigenvalue weighted by atomic mass is 16.2. The maximum absolute atomic E-state index is 12.8. The van der Waals surface area contributed by atoms with Crippen LogP contribution in [0.4, 0.5) is 0 Å². The third-order valence-corrected chi connectivity index (χ3v) is 4.94. The van der Waals surface area contributed by atoms with Crippen LogP contribution in [-0.4, -0.2) is 68.2 Å². The van der Waals surface area contributed by atoms with E-state index in [0.717, 1.165) is 24.9 Å². The first-order valence-electron chi connectivity index (χ1n) is 8.72. The van der Waals surface area contributed by atoms with E-state index in [2.05, 4.69) is 39.0 Å². The van der Waals surface area contributed by atoms with Crippen molar-refractivity contribution < 1.29 is 4.79 Å². The van der Waals surface area contributed by atoms with Gasteiger partial charge in [0.25, 0.3) is 0 Å². The number of rotatable bonds is 6. The molecule has 0 bridgehead atoms. The molecule has 0 spiro atoms. The Morgan fingerprint density at radius 2 is 2.00 bits per heavy atom. The number of likely N-dealkylation sites (N-methyl/N-ethyl adjacent to an activating group) is 1. The van der Waals surface area contributed by atoms with Crippen LogP contribution in [-0.2, 0) is 24.7 Å². The van der Waals surface area contributed by atoms with Crippen LogP contribution in [0, 0.1) is 0 Å². The zero-order valence-electron chi connectivity index (χ0n) is 15.2. The molecular weight excluding hydrogens is 316 g/mol. The van der Waals surface area contributed by atoms with E-state index in [-0.39, 0.29) is 11.9 Å². The number of carbonyl (C=O) groups is 1. The van der Waals surface area contributed by atoms with E-state index in [1.54, 1.807) is 12.4 Å². The molecular formula is C18H26N6O. The molecule has 3 rings (SSSR count). The highest BCUT2D eigenvalue weighted by Gasteiger charge is 2.37. The quantitative estimate of drug-likeness (QED) is 0.781. The fourth-order valence-electron chi connectivity index (χ4n) is 3.67. The van der Waals surface area contributed by atoms with Crippen molar-refractivity contribution in [1.82, 2.24) is 29.5 Å². The van der Waals surface area contributed by atoms with Gasteiger partial charge in [0, 0.05) is 44.6 Å². The van der Waals surface area contributed by atoms with Gasteiger partial charge in [-0.2, -0.15) is 5.10 Å². The smallest absolute Gasteiger partial charge is 0.223 e. The lowest BCUT2D eigenvalue weighted by Crippen LogP contribution is -2.45. The SMILES string of the molecule is CN(C)[C@@H]1CCN(C(=O)CCc2cncnc2)[C@H]1Cc1cnn(C)c1. The van der Waals surface area contributed by atoms with Gasteiger partial charge in [0.15, 0.2) is 0 Å². The summed E-state index contributed by atoms with van der Waals surface area (Å²) in [5.74, 6) is 0.210. The fraction of sp³-hybridized carbons (Fsp3) is 0.556. The fourth-order valence-corrected chi connectivity index (χ4v) is 3.67. The first kappa shape index (κ1) is 17.5. The Morgan fingerprint density at radius 3 is 2.64 bits per heavy atom. The molecule has 1 amide bonds. The first-order chi connectivity index (χ1) is 12.0. The summed E-state index contributed by atoms with van der Waals surface area (Å²) >= 11 is 0. The summed E-state index contributed by atoms with van der Waals surface area (Å²) in [6.45, 7) is 0.817. The standard InChI is InChI=1S/C18H26N6O/c1-22(2)16-6-7-24(17(16)8-15-11-21-23(3)12-15)18(25)5-4-14-9-19-13-20-10-14/h9-13,16-17H,4-8H2,1-3H3/t16-,17+/m1/s1. The van der Waals surface area contributed by atoms with Gasteiger partial charge < -0.3 is 9.80 Å². The Morgan fingerprint density at radius 1 is 1.24 bits per heavy atom. The molecule has 0 radical (unpaired) electrons. The van der Waals surface area contributed by atoms with Crippen molar-refractivity contribution in [3.8, 4) is 0 Å². The third-order valence-electron chi connectivity index (χ3n) is 4.94. The lowest BCUT2D eigenvalue weighted by molar-refractivity contribution is -0.132. The third kappa shape index (κ3) is 4.22.